The second-order valence-corrected chi connectivity index (χ2v) is 11.9. The molecule has 1 aliphatic heterocycles. The average Bonchev–Trinajstić information content (AvgIpc) is 2.83. The van der Waals surface area contributed by atoms with E-state index in [1.807, 2.05) is 40.0 Å². The Labute approximate surface area is 226 Å². The normalized spacial score (nSPS) is 15.5. The maximum absolute atomic E-state index is 13.7. The van der Waals surface area contributed by atoms with Gasteiger partial charge in [0.05, 0.1) is 0 Å². The van der Waals surface area contributed by atoms with Gasteiger partial charge in [-0.2, -0.15) is 0 Å². The van der Waals surface area contributed by atoms with Crippen molar-refractivity contribution in [3.63, 3.8) is 0 Å². The summed E-state index contributed by atoms with van der Waals surface area (Å²) in [6, 6.07) is 18.7. The molecule has 7 heteroatoms. The Bertz CT molecular complexity index is 1280. The number of hydrogen-bond donors (Lipinski definition) is 0. The zero-order chi connectivity index (χ0) is 26.8. The molecule has 3 aromatic carbocycles. The summed E-state index contributed by atoms with van der Waals surface area (Å²) in [5.74, 6) is -0.297. The number of rotatable bonds is 5. The maximum Gasteiger partial charge on any atom is 0.410 e. The molecule has 196 valence electrons. The molecule has 0 radical (unpaired) electrons. The lowest BCUT2D eigenvalue weighted by atomic mass is 9.70. The summed E-state index contributed by atoms with van der Waals surface area (Å²) >= 11 is 3.59. The van der Waals surface area contributed by atoms with Gasteiger partial charge in [0.25, 0.3) is 0 Å². The van der Waals surface area contributed by atoms with E-state index in [0.717, 1.165) is 26.4 Å². The van der Waals surface area contributed by atoms with Gasteiger partial charge in [-0.1, -0.05) is 52.3 Å². The molecule has 0 atom stereocenters. The lowest BCUT2D eigenvalue weighted by Gasteiger charge is -2.42. The number of nitrogens with zero attached hydrogens (tertiary/aromatic N) is 2. The molecule has 0 unspecified atom stereocenters. The van der Waals surface area contributed by atoms with Crippen LogP contribution >= 0.6 is 15.9 Å². The topological polar surface area (TPSA) is 49.9 Å². The molecule has 37 heavy (non-hydrogen) atoms. The van der Waals surface area contributed by atoms with Crippen LogP contribution in [0.3, 0.4) is 0 Å². The summed E-state index contributed by atoms with van der Waals surface area (Å²) in [6.45, 7) is 6.96. The number of ether oxygens (including phenoxy) is 1. The van der Waals surface area contributed by atoms with E-state index in [2.05, 4.69) is 40.2 Å². The van der Waals surface area contributed by atoms with Gasteiger partial charge in [-0.25, -0.2) is 9.18 Å². The van der Waals surface area contributed by atoms with Crippen LogP contribution in [-0.4, -0.2) is 47.5 Å². The highest BCUT2D eigenvalue weighted by atomic mass is 79.9. The summed E-state index contributed by atoms with van der Waals surface area (Å²) in [6.07, 6.45) is 1.13. The van der Waals surface area contributed by atoms with E-state index in [0.29, 0.717) is 32.5 Å². The van der Waals surface area contributed by atoms with Gasteiger partial charge in [-0.3, -0.25) is 4.79 Å². The van der Waals surface area contributed by atoms with E-state index < -0.39 is 11.0 Å². The zero-order valence-corrected chi connectivity index (χ0v) is 23.5. The second kappa shape index (κ2) is 10.8. The van der Waals surface area contributed by atoms with Crippen molar-refractivity contribution < 1.29 is 18.7 Å². The Morgan fingerprint density at radius 1 is 1.05 bits per heavy atom. The van der Waals surface area contributed by atoms with Crippen molar-refractivity contribution >= 4 is 38.7 Å². The molecular formula is C30H34BrFN2O3. The standard InChI is InChI=1S/C30H34BrFN2O3/c1-29(2,3)37-28(36)34-15-13-30(14-16-34,23-9-11-25(32)12-10-23)19-27(35)33(4)20-22-18-24(31)17-21-7-5-6-8-26(21)22/h5-12,17-18H,13-16,19-20H2,1-4H3. The fourth-order valence-electron chi connectivity index (χ4n) is 5.06. The molecule has 1 aliphatic rings. The summed E-state index contributed by atoms with van der Waals surface area (Å²) in [5.41, 5.74) is 0.929. The maximum atomic E-state index is 13.7. The molecule has 0 aromatic heterocycles. The molecule has 2 amide bonds. The highest BCUT2D eigenvalue weighted by Gasteiger charge is 2.40. The minimum Gasteiger partial charge on any atom is -0.444 e. The molecule has 0 bridgehead atoms. The molecule has 5 nitrogen and oxygen atoms in total. The van der Waals surface area contributed by atoms with E-state index >= 15 is 0 Å². The summed E-state index contributed by atoms with van der Waals surface area (Å²) < 4.78 is 20.3. The smallest absolute Gasteiger partial charge is 0.410 e. The Balaban J connectivity index is 1.54. The van der Waals surface area contributed by atoms with Crippen LogP contribution in [-0.2, 0) is 21.5 Å². The monoisotopic (exact) mass is 568 g/mol. The van der Waals surface area contributed by atoms with Crippen LogP contribution in [0.15, 0.2) is 65.1 Å². The first-order chi connectivity index (χ1) is 17.5. The van der Waals surface area contributed by atoms with Crippen molar-refractivity contribution in [3.05, 3.63) is 82.1 Å². The van der Waals surface area contributed by atoms with Crippen molar-refractivity contribution in [1.82, 2.24) is 9.80 Å². The molecule has 1 saturated heterocycles. The number of benzene rings is 3. The Morgan fingerprint density at radius 2 is 1.70 bits per heavy atom. The molecule has 1 heterocycles. The number of amides is 2. The first kappa shape index (κ1) is 27.1. The lowest BCUT2D eigenvalue weighted by molar-refractivity contribution is -0.132. The van der Waals surface area contributed by atoms with Crippen molar-refractivity contribution in [2.45, 2.75) is 57.6 Å². The molecular weight excluding hydrogens is 535 g/mol. The molecule has 0 N–H and O–H groups in total. The number of carbonyl (C=O) groups is 2. The van der Waals surface area contributed by atoms with Gasteiger partial charge in [-0.05, 0) is 79.8 Å². The molecule has 4 rings (SSSR count). The third-order valence-electron chi connectivity index (χ3n) is 7.06. The highest BCUT2D eigenvalue weighted by molar-refractivity contribution is 9.10. The van der Waals surface area contributed by atoms with E-state index in [4.69, 9.17) is 4.74 Å². The predicted molar refractivity (Wildman–Crippen MR) is 148 cm³/mol. The van der Waals surface area contributed by atoms with Crippen LogP contribution < -0.4 is 0 Å². The van der Waals surface area contributed by atoms with Crippen LogP contribution in [0.1, 0.15) is 51.2 Å². The fourth-order valence-corrected chi connectivity index (χ4v) is 5.59. The first-order valence-corrected chi connectivity index (χ1v) is 13.4. The quantitative estimate of drug-likeness (QED) is 0.331. The van der Waals surface area contributed by atoms with E-state index in [1.165, 1.54) is 12.1 Å². The third kappa shape index (κ3) is 6.50. The van der Waals surface area contributed by atoms with Crippen LogP contribution in [0.25, 0.3) is 10.8 Å². The fraction of sp³-hybridized carbons (Fsp3) is 0.400. The van der Waals surface area contributed by atoms with Gasteiger partial charge < -0.3 is 14.5 Å². The molecule has 0 aliphatic carbocycles. The summed E-state index contributed by atoms with van der Waals surface area (Å²) in [7, 11) is 1.83. The van der Waals surface area contributed by atoms with Crippen molar-refractivity contribution in [2.75, 3.05) is 20.1 Å². The number of likely N-dealkylation sites (tertiary alicyclic amines) is 1. The molecule has 0 saturated carbocycles. The van der Waals surface area contributed by atoms with Crippen molar-refractivity contribution in [1.29, 1.82) is 0 Å². The van der Waals surface area contributed by atoms with Crippen molar-refractivity contribution in [3.8, 4) is 0 Å². The third-order valence-corrected chi connectivity index (χ3v) is 7.52. The second-order valence-electron chi connectivity index (χ2n) is 11.0. The summed E-state index contributed by atoms with van der Waals surface area (Å²) in [5, 5.41) is 2.23. The average molecular weight is 570 g/mol. The van der Waals surface area contributed by atoms with Gasteiger partial charge in [-0.15, -0.1) is 0 Å². The van der Waals surface area contributed by atoms with Gasteiger partial charge in [0.15, 0.2) is 0 Å². The van der Waals surface area contributed by atoms with Gasteiger partial charge in [0, 0.05) is 43.0 Å². The Morgan fingerprint density at radius 3 is 2.35 bits per heavy atom. The minimum absolute atomic E-state index is 0.0131. The van der Waals surface area contributed by atoms with Crippen molar-refractivity contribution in [2.24, 2.45) is 0 Å². The SMILES string of the molecule is CN(Cc1cc(Br)cc2ccccc12)C(=O)CC1(c2ccc(F)cc2)CCN(C(=O)OC(C)(C)C)CC1. The highest BCUT2D eigenvalue weighted by Crippen LogP contribution is 2.40. The number of fused-ring (bicyclic) bond motifs is 1. The van der Waals surface area contributed by atoms with Crippen LogP contribution in [0, 0.1) is 5.82 Å². The molecule has 0 spiro atoms. The largest absolute Gasteiger partial charge is 0.444 e. The van der Waals surface area contributed by atoms with Gasteiger partial charge in [0.1, 0.15) is 11.4 Å². The number of hydrogen-bond acceptors (Lipinski definition) is 3. The van der Waals surface area contributed by atoms with E-state index in [-0.39, 0.29) is 24.2 Å². The Kier molecular flexibility index (Phi) is 7.93. The Hall–Kier alpha value is -2.93. The van der Waals surface area contributed by atoms with Crippen LogP contribution in [0.5, 0.6) is 0 Å². The predicted octanol–water partition coefficient (Wildman–Crippen LogP) is 7.06. The van der Waals surface area contributed by atoms with Gasteiger partial charge >= 0.3 is 6.09 Å². The number of carbonyl (C=O) groups excluding carboxylic acids is 2. The van der Waals surface area contributed by atoms with Gasteiger partial charge in [0.2, 0.25) is 5.91 Å². The van der Waals surface area contributed by atoms with E-state index in [9.17, 15) is 14.0 Å². The number of halogens is 2. The summed E-state index contributed by atoms with van der Waals surface area (Å²) in [4.78, 5) is 29.7. The molecule has 3 aromatic rings. The van der Waals surface area contributed by atoms with E-state index in [1.54, 1.807) is 21.9 Å². The lowest BCUT2D eigenvalue weighted by Crippen LogP contribution is -2.48. The van der Waals surface area contributed by atoms with Crippen LogP contribution in [0.4, 0.5) is 9.18 Å². The number of piperidine rings is 1. The van der Waals surface area contributed by atoms with Crippen LogP contribution in [0.2, 0.25) is 0 Å². The first-order valence-electron chi connectivity index (χ1n) is 12.6. The zero-order valence-electron chi connectivity index (χ0n) is 21.9. The minimum atomic E-state index is -0.572. The molecule has 1 fully saturated rings.